The van der Waals surface area contributed by atoms with Crippen molar-refractivity contribution < 1.29 is 27.5 Å². The predicted octanol–water partition coefficient (Wildman–Crippen LogP) is 4.55. The Kier molecular flexibility index (Phi) is 5.20. The van der Waals surface area contributed by atoms with Gasteiger partial charge in [-0.25, -0.2) is 14.4 Å². The number of fused-ring (bicyclic) bond motifs is 1. The number of rotatable bonds is 5. The molecule has 0 bridgehead atoms. The van der Waals surface area contributed by atoms with Gasteiger partial charge in [-0.05, 0) is 38.3 Å². The number of nitrogens with one attached hydrogen (secondary N) is 1. The first-order valence-electron chi connectivity index (χ1n) is 9.79. The average Bonchev–Trinajstić information content (AvgIpc) is 2.96. The lowest BCUT2D eigenvalue weighted by Gasteiger charge is -2.29. The Morgan fingerprint density at radius 2 is 2.00 bits per heavy atom. The molecule has 1 fully saturated rings. The summed E-state index contributed by atoms with van der Waals surface area (Å²) in [5, 5.41) is 13.2. The Hall–Kier alpha value is -3.01. The van der Waals surface area contributed by atoms with Crippen LogP contribution in [-0.4, -0.2) is 25.5 Å². The molecule has 0 saturated heterocycles. The number of hydrogen-bond acceptors (Lipinski definition) is 4. The van der Waals surface area contributed by atoms with Crippen LogP contribution in [0.5, 0.6) is 0 Å². The highest BCUT2D eigenvalue weighted by Crippen LogP contribution is 2.38. The Morgan fingerprint density at radius 3 is 2.61 bits per heavy atom. The molecule has 0 aliphatic heterocycles. The van der Waals surface area contributed by atoms with E-state index in [9.17, 15) is 27.5 Å². The molecule has 31 heavy (non-hydrogen) atoms. The predicted molar refractivity (Wildman–Crippen MR) is 105 cm³/mol. The number of aromatic nitrogens is 3. The minimum absolute atomic E-state index is 0.0119. The normalized spacial score (nSPS) is 16.7. The summed E-state index contributed by atoms with van der Waals surface area (Å²) in [4.78, 5) is 20.8. The van der Waals surface area contributed by atoms with Crippen molar-refractivity contribution in [2.75, 3.05) is 5.32 Å². The summed E-state index contributed by atoms with van der Waals surface area (Å²) in [7, 11) is 0. The van der Waals surface area contributed by atoms with Crippen LogP contribution in [0.3, 0.4) is 0 Å². The van der Waals surface area contributed by atoms with Crippen molar-refractivity contribution in [1.82, 2.24) is 14.5 Å². The second kappa shape index (κ2) is 7.60. The number of hydrogen-bond donors (Lipinski definition) is 2. The summed E-state index contributed by atoms with van der Waals surface area (Å²) in [6.45, 7) is 1.32. The standard InChI is InChI=1S/C21H20F4N4O2/c1-20(31,14-7-2-3-8-15(14)22)10-17(30)28-19-27-16-9-12(21(23,24)25)11-26-18(16)29(19)13-5-4-6-13/h2-3,7-9,11,13,31H,4-6,10H2,1H3,(H,27,28,30)/t20-/m0/s1. The van der Waals surface area contributed by atoms with Crippen LogP contribution in [0.2, 0.25) is 0 Å². The molecule has 0 unspecified atom stereocenters. The molecule has 1 aliphatic rings. The monoisotopic (exact) mass is 436 g/mol. The average molecular weight is 436 g/mol. The second-order valence-corrected chi connectivity index (χ2v) is 7.93. The Bertz CT molecular complexity index is 1140. The molecule has 2 N–H and O–H groups in total. The van der Waals surface area contributed by atoms with E-state index < -0.39 is 35.5 Å². The molecular weight excluding hydrogens is 416 g/mol. The van der Waals surface area contributed by atoms with Crippen molar-refractivity contribution in [2.24, 2.45) is 0 Å². The number of nitrogens with zero attached hydrogens (tertiary/aromatic N) is 3. The quantitative estimate of drug-likeness (QED) is 0.575. The maximum Gasteiger partial charge on any atom is 0.417 e. The molecule has 2 aromatic heterocycles. The largest absolute Gasteiger partial charge is 0.417 e. The van der Waals surface area contributed by atoms with Crippen LogP contribution < -0.4 is 5.32 Å². The Morgan fingerprint density at radius 1 is 1.29 bits per heavy atom. The topological polar surface area (TPSA) is 80.0 Å². The third-order valence-electron chi connectivity index (χ3n) is 5.51. The van der Waals surface area contributed by atoms with Gasteiger partial charge in [-0.3, -0.25) is 14.7 Å². The fraction of sp³-hybridized carbons (Fsp3) is 0.381. The number of pyridine rings is 1. The van der Waals surface area contributed by atoms with E-state index in [1.807, 2.05) is 0 Å². The molecule has 3 aromatic rings. The van der Waals surface area contributed by atoms with Gasteiger partial charge in [0.2, 0.25) is 11.9 Å². The van der Waals surface area contributed by atoms with E-state index in [2.05, 4.69) is 15.3 Å². The highest BCUT2D eigenvalue weighted by Gasteiger charge is 2.34. The summed E-state index contributed by atoms with van der Waals surface area (Å²) in [6, 6.07) is 6.43. The van der Waals surface area contributed by atoms with Gasteiger partial charge in [0.05, 0.1) is 17.6 Å². The number of alkyl halides is 3. The van der Waals surface area contributed by atoms with Crippen molar-refractivity contribution in [2.45, 2.75) is 50.4 Å². The van der Waals surface area contributed by atoms with Gasteiger partial charge >= 0.3 is 6.18 Å². The highest BCUT2D eigenvalue weighted by molar-refractivity contribution is 5.91. The lowest BCUT2D eigenvalue weighted by atomic mass is 9.91. The molecule has 1 aromatic carbocycles. The van der Waals surface area contributed by atoms with Crippen molar-refractivity contribution in [3.8, 4) is 0 Å². The highest BCUT2D eigenvalue weighted by atomic mass is 19.4. The molecule has 1 saturated carbocycles. The first kappa shape index (κ1) is 21.2. The van der Waals surface area contributed by atoms with E-state index in [1.165, 1.54) is 25.1 Å². The fourth-order valence-electron chi connectivity index (χ4n) is 3.69. The molecule has 2 heterocycles. The Balaban J connectivity index is 1.64. The van der Waals surface area contributed by atoms with Gasteiger partial charge in [-0.15, -0.1) is 0 Å². The van der Waals surface area contributed by atoms with Crippen molar-refractivity contribution >= 4 is 23.0 Å². The zero-order valence-corrected chi connectivity index (χ0v) is 16.6. The van der Waals surface area contributed by atoms with Crippen LogP contribution in [-0.2, 0) is 16.6 Å². The zero-order valence-electron chi connectivity index (χ0n) is 16.6. The number of aliphatic hydroxyl groups is 1. The molecule has 1 aliphatic carbocycles. The first-order chi connectivity index (χ1) is 14.6. The number of halogens is 4. The van der Waals surface area contributed by atoms with E-state index >= 15 is 0 Å². The van der Waals surface area contributed by atoms with Crippen LogP contribution >= 0.6 is 0 Å². The van der Waals surface area contributed by atoms with Gasteiger partial charge in [-0.1, -0.05) is 18.2 Å². The van der Waals surface area contributed by atoms with Gasteiger partial charge in [0.25, 0.3) is 0 Å². The number of carbonyl (C=O) groups excluding carboxylic acids is 1. The zero-order chi connectivity index (χ0) is 22.4. The molecular formula is C21H20F4N4O2. The van der Waals surface area contributed by atoms with Crippen molar-refractivity contribution in [3.63, 3.8) is 0 Å². The fourth-order valence-corrected chi connectivity index (χ4v) is 3.69. The smallest absolute Gasteiger partial charge is 0.385 e. The maximum absolute atomic E-state index is 14.1. The molecule has 0 spiro atoms. The maximum atomic E-state index is 14.1. The minimum Gasteiger partial charge on any atom is -0.385 e. The minimum atomic E-state index is -4.57. The summed E-state index contributed by atoms with van der Waals surface area (Å²) < 4.78 is 54.8. The molecule has 10 heteroatoms. The van der Waals surface area contributed by atoms with Gasteiger partial charge in [0.1, 0.15) is 11.3 Å². The van der Waals surface area contributed by atoms with Gasteiger partial charge in [0, 0.05) is 17.8 Å². The van der Waals surface area contributed by atoms with Crippen molar-refractivity contribution in [3.05, 3.63) is 53.5 Å². The number of carbonyl (C=O) groups is 1. The SMILES string of the molecule is C[C@](O)(CC(=O)Nc1nc2cc(C(F)(F)F)cnc2n1C1CCC1)c1ccccc1F. The van der Waals surface area contributed by atoms with E-state index in [-0.39, 0.29) is 28.7 Å². The summed E-state index contributed by atoms with van der Waals surface area (Å²) in [5.74, 6) is -1.24. The second-order valence-electron chi connectivity index (χ2n) is 7.93. The molecule has 1 amide bonds. The van der Waals surface area contributed by atoms with Crippen LogP contribution in [0.1, 0.15) is 49.8 Å². The first-order valence-corrected chi connectivity index (χ1v) is 9.79. The summed E-state index contributed by atoms with van der Waals surface area (Å²) >= 11 is 0. The lowest BCUT2D eigenvalue weighted by Crippen LogP contribution is -2.30. The van der Waals surface area contributed by atoms with Crippen molar-refractivity contribution in [1.29, 1.82) is 0 Å². The van der Waals surface area contributed by atoms with Crippen LogP contribution in [0.25, 0.3) is 11.2 Å². The van der Waals surface area contributed by atoms with Crippen LogP contribution in [0, 0.1) is 5.82 Å². The van der Waals surface area contributed by atoms with Gasteiger partial charge in [-0.2, -0.15) is 13.2 Å². The van der Waals surface area contributed by atoms with Crippen LogP contribution in [0.15, 0.2) is 36.5 Å². The summed E-state index contributed by atoms with van der Waals surface area (Å²) in [5.41, 5.74) is -2.50. The molecule has 4 rings (SSSR count). The van der Waals surface area contributed by atoms with Gasteiger partial charge in [0.15, 0.2) is 5.65 Å². The molecule has 6 nitrogen and oxygen atoms in total. The number of imidazole rings is 1. The van der Waals surface area contributed by atoms with Gasteiger partial charge < -0.3 is 5.11 Å². The van der Waals surface area contributed by atoms with E-state index in [4.69, 9.17) is 0 Å². The van der Waals surface area contributed by atoms with E-state index in [0.29, 0.717) is 0 Å². The van der Waals surface area contributed by atoms with E-state index in [0.717, 1.165) is 31.5 Å². The Labute approximate surface area is 174 Å². The molecule has 164 valence electrons. The molecule has 0 radical (unpaired) electrons. The van der Waals surface area contributed by atoms with E-state index in [1.54, 1.807) is 10.6 Å². The third-order valence-corrected chi connectivity index (χ3v) is 5.51. The number of anilines is 1. The molecule has 1 atom stereocenters. The summed E-state index contributed by atoms with van der Waals surface area (Å²) in [6.07, 6.45) is -1.78. The third kappa shape index (κ3) is 4.12. The number of amides is 1. The van der Waals surface area contributed by atoms with Crippen LogP contribution in [0.4, 0.5) is 23.5 Å². The lowest BCUT2D eigenvalue weighted by molar-refractivity contribution is -0.137. The number of benzene rings is 1.